The van der Waals surface area contributed by atoms with Gasteiger partial charge in [0.05, 0.1) is 32.8 Å². The van der Waals surface area contributed by atoms with Crippen LogP contribution >= 0.6 is 24.0 Å². The molecule has 0 saturated carbocycles. The minimum absolute atomic E-state index is 0.148. The van der Waals surface area contributed by atoms with Gasteiger partial charge in [-0.15, -0.1) is 0 Å². The quantitative estimate of drug-likeness (QED) is 0.252. The standard InChI is InChI=1S/C19H23NO7S2/c1-24-13-9-12(10-14(25-2)16(13)26-3)11-15-17(21)20(18(28)29-15)7-5-4-6-8-27-19(22)23/h9-11H,4-8H2,1-3H3,(H,22,23)/b15-11+. The fourth-order valence-electron chi connectivity index (χ4n) is 2.74. The van der Waals surface area contributed by atoms with E-state index < -0.39 is 6.16 Å². The topological polar surface area (TPSA) is 94.5 Å². The number of hydrogen-bond donors (Lipinski definition) is 1. The van der Waals surface area contributed by atoms with Crippen LogP contribution in [0.4, 0.5) is 4.79 Å². The number of carbonyl (C=O) groups is 2. The number of benzene rings is 1. The first-order valence-corrected chi connectivity index (χ1v) is 10.0. The Hall–Kier alpha value is -2.46. The lowest BCUT2D eigenvalue weighted by molar-refractivity contribution is -0.122. The third-order valence-corrected chi connectivity index (χ3v) is 5.49. The molecule has 0 aliphatic carbocycles. The number of hydrogen-bond acceptors (Lipinski definition) is 8. The van der Waals surface area contributed by atoms with Crippen molar-refractivity contribution in [3.63, 3.8) is 0 Å². The van der Waals surface area contributed by atoms with Crippen molar-refractivity contribution in [3.05, 3.63) is 22.6 Å². The Kier molecular flexibility index (Phi) is 8.59. The zero-order valence-corrected chi connectivity index (χ0v) is 18.1. The predicted octanol–water partition coefficient (Wildman–Crippen LogP) is 3.78. The molecular weight excluding hydrogens is 418 g/mol. The number of ether oxygens (including phenoxy) is 4. The molecule has 1 N–H and O–H groups in total. The number of rotatable bonds is 10. The van der Waals surface area contributed by atoms with E-state index in [2.05, 4.69) is 4.74 Å². The molecule has 158 valence electrons. The maximum absolute atomic E-state index is 12.7. The first-order valence-electron chi connectivity index (χ1n) is 8.82. The fourth-order valence-corrected chi connectivity index (χ4v) is 4.05. The second-order valence-electron chi connectivity index (χ2n) is 5.97. The molecule has 0 atom stereocenters. The van der Waals surface area contributed by atoms with Gasteiger partial charge in [0.2, 0.25) is 5.75 Å². The molecule has 1 fully saturated rings. The summed E-state index contributed by atoms with van der Waals surface area (Å²) >= 11 is 6.58. The van der Waals surface area contributed by atoms with Crippen molar-refractivity contribution in [2.75, 3.05) is 34.5 Å². The van der Waals surface area contributed by atoms with Crippen LogP contribution in [0.2, 0.25) is 0 Å². The van der Waals surface area contributed by atoms with Crippen LogP contribution in [0.3, 0.4) is 0 Å². The van der Waals surface area contributed by atoms with Crippen molar-refractivity contribution >= 4 is 46.4 Å². The zero-order chi connectivity index (χ0) is 21.4. The summed E-state index contributed by atoms with van der Waals surface area (Å²) in [4.78, 5) is 25.1. The average molecular weight is 442 g/mol. The third-order valence-electron chi connectivity index (χ3n) is 4.11. The molecule has 1 aromatic carbocycles. The van der Waals surface area contributed by atoms with Crippen LogP contribution in [-0.4, -0.2) is 60.9 Å². The third kappa shape index (κ3) is 6.01. The van der Waals surface area contributed by atoms with Crippen LogP contribution in [-0.2, 0) is 9.53 Å². The van der Waals surface area contributed by atoms with Crippen molar-refractivity contribution in [1.82, 2.24) is 4.90 Å². The number of amides is 1. The Morgan fingerprint density at radius 3 is 2.34 bits per heavy atom. The number of carboxylic acid groups (broad SMARTS) is 1. The van der Waals surface area contributed by atoms with E-state index in [-0.39, 0.29) is 12.5 Å². The van der Waals surface area contributed by atoms with Gasteiger partial charge in [-0.2, -0.15) is 0 Å². The van der Waals surface area contributed by atoms with Crippen LogP contribution in [0.1, 0.15) is 24.8 Å². The molecule has 1 saturated heterocycles. The lowest BCUT2D eigenvalue weighted by Gasteiger charge is -2.14. The van der Waals surface area contributed by atoms with Gasteiger partial charge in [0.1, 0.15) is 4.32 Å². The lowest BCUT2D eigenvalue weighted by atomic mass is 10.1. The molecule has 10 heteroatoms. The first kappa shape index (κ1) is 22.8. The second kappa shape index (κ2) is 10.9. The fraction of sp³-hybridized carbons (Fsp3) is 0.421. The highest BCUT2D eigenvalue weighted by atomic mass is 32.2. The van der Waals surface area contributed by atoms with Gasteiger partial charge in [0.25, 0.3) is 5.91 Å². The molecule has 1 aromatic rings. The van der Waals surface area contributed by atoms with E-state index in [9.17, 15) is 9.59 Å². The lowest BCUT2D eigenvalue weighted by Crippen LogP contribution is -2.29. The van der Waals surface area contributed by atoms with E-state index in [0.717, 1.165) is 12.0 Å². The predicted molar refractivity (Wildman–Crippen MR) is 114 cm³/mol. The number of carbonyl (C=O) groups excluding carboxylic acids is 1. The van der Waals surface area contributed by atoms with E-state index in [1.807, 2.05) is 0 Å². The normalized spacial score (nSPS) is 15.0. The summed E-state index contributed by atoms with van der Waals surface area (Å²) in [7, 11) is 4.59. The number of thioether (sulfide) groups is 1. The summed E-state index contributed by atoms with van der Waals surface area (Å²) in [5.74, 6) is 1.32. The van der Waals surface area contributed by atoms with Crippen LogP contribution in [0.25, 0.3) is 6.08 Å². The summed E-state index contributed by atoms with van der Waals surface area (Å²) in [6.07, 6.45) is 2.49. The van der Waals surface area contributed by atoms with Crippen molar-refractivity contribution in [2.45, 2.75) is 19.3 Å². The van der Waals surface area contributed by atoms with Crippen molar-refractivity contribution in [2.24, 2.45) is 0 Å². The number of methoxy groups -OCH3 is 3. The van der Waals surface area contributed by atoms with Gasteiger partial charge in [-0.25, -0.2) is 4.79 Å². The molecule has 0 unspecified atom stereocenters. The number of unbranched alkanes of at least 4 members (excludes halogenated alkanes) is 2. The van der Waals surface area contributed by atoms with Gasteiger partial charge in [-0.3, -0.25) is 9.69 Å². The van der Waals surface area contributed by atoms with Gasteiger partial charge in [0, 0.05) is 6.54 Å². The first-order chi connectivity index (χ1) is 13.9. The molecule has 0 radical (unpaired) electrons. The van der Waals surface area contributed by atoms with E-state index in [4.69, 9.17) is 31.5 Å². The molecule has 0 aromatic heterocycles. The van der Waals surface area contributed by atoms with E-state index in [1.54, 1.807) is 23.1 Å². The highest BCUT2D eigenvalue weighted by Crippen LogP contribution is 2.40. The van der Waals surface area contributed by atoms with Gasteiger partial charge < -0.3 is 24.1 Å². The van der Waals surface area contributed by atoms with E-state index in [0.29, 0.717) is 45.9 Å². The number of thiocarbonyl (C=S) groups is 1. The highest BCUT2D eigenvalue weighted by molar-refractivity contribution is 8.26. The van der Waals surface area contributed by atoms with Crippen LogP contribution in [0.5, 0.6) is 17.2 Å². The SMILES string of the molecule is COc1cc(/C=C2/SC(=S)N(CCCCCOC(=O)O)C2=O)cc(OC)c1OC. The maximum Gasteiger partial charge on any atom is 0.505 e. The van der Waals surface area contributed by atoms with Crippen molar-refractivity contribution in [1.29, 1.82) is 0 Å². The Labute approximate surface area is 178 Å². The van der Waals surface area contributed by atoms with Crippen molar-refractivity contribution < 1.29 is 33.6 Å². The van der Waals surface area contributed by atoms with Gasteiger partial charge in [-0.1, -0.05) is 24.0 Å². The van der Waals surface area contributed by atoms with Crippen molar-refractivity contribution in [3.8, 4) is 17.2 Å². The minimum Gasteiger partial charge on any atom is -0.493 e. The Bertz CT molecular complexity index is 785. The molecule has 0 bridgehead atoms. The molecule has 8 nitrogen and oxygen atoms in total. The molecule has 1 heterocycles. The van der Waals surface area contributed by atoms with Crippen LogP contribution in [0.15, 0.2) is 17.0 Å². The molecule has 0 spiro atoms. The molecule has 1 amide bonds. The molecule has 1 aliphatic heterocycles. The zero-order valence-electron chi connectivity index (χ0n) is 16.4. The highest BCUT2D eigenvalue weighted by Gasteiger charge is 2.31. The largest absolute Gasteiger partial charge is 0.505 e. The summed E-state index contributed by atoms with van der Waals surface area (Å²) in [6, 6.07) is 3.52. The molecule has 1 aliphatic rings. The van der Waals surface area contributed by atoms with Crippen LogP contribution in [0, 0.1) is 0 Å². The average Bonchev–Trinajstić information content (AvgIpc) is 2.96. The van der Waals surface area contributed by atoms with E-state index in [1.165, 1.54) is 33.1 Å². The van der Waals surface area contributed by atoms with Gasteiger partial charge >= 0.3 is 6.16 Å². The monoisotopic (exact) mass is 441 g/mol. The second-order valence-corrected chi connectivity index (χ2v) is 7.64. The van der Waals surface area contributed by atoms with E-state index >= 15 is 0 Å². The summed E-state index contributed by atoms with van der Waals surface area (Å²) in [5, 5.41) is 8.43. The summed E-state index contributed by atoms with van der Waals surface area (Å²) < 4.78 is 21.0. The molecule has 2 rings (SSSR count). The Balaban J connectivity index is 2.05. The Morgan fingerprint density at radius 1 is 1.14 bits per heavy atom. The molecular formula is C19H23NO7S2. The smallest absolute Gasteiger partial charge is 0.493 e. The number of nitrogens with zero attached hydrogens (tertiary/aromatic N) is 1. The summed E-state index contributed by atoms with van der Waals surface area (Å²) in [6.45, 7) is 0.624. The van der Waals surface area contributed by atoms with Gasteiger partial charge in [0.15, 0.2) is 11.5 Å². The Morgan fingerprint density at radius 2 is 1.79 bits per heavy atom. The van der Waals surface area contributed by atoms with Crippen LogP contribution < -0.4 is 14.2 Å². The van der Waals surface area contributed by atoms with Gasteiger partial charge in [-0.05, 0) is 43.0 Å². The summed E-state index contributed by atoms with van der Waals surface area (Å²) in [5.41, 5.74) is 0.728. The minimum atomic E-state index is -1.28. The molecule has 29 heavy (non-hydrogen) atoms. The maximum atomic E-state index is 12.7.